The molecule has 0 spiro atoms. The molecule has 1 saturated heterocycles. The molecule has 0 unspecified atom stereocenters. The molecule has 0 atom stereocenters. The van der Waals surface area contributed by atoms with Crippen molar-refractivity contribution in [1.29, 1.82) is 0 Å². The number of anilines is 1. The van der Waals surface area contributed by atoms with Crippen LogP contribution in [-0.2, 0) is 16.6 Å². The molecule has 1 amide bonds. The lowest BCUT2D eigenvalue weighted by Crippen LogP contribution is -2.38. The van der Waals surface area contributed by atoms with E-state index in [1.54, 1.807) is 66.2 Å². The number of aryl methyl sites for hydroxylation is 2. The minimum atomic E-state index is -3.60. The number of hydrogen-bond donors (Lipinski definition) is 1. The molecule has 9 heteroatoms. The van der Waals surface area contributed by atoms with Gasteiger partial charge in [0.15, 0.2) is 0 Å². The van der Waals surface area contributed by atoms with Gasteiger partial charge >= 0.3 is 0 Å². The van der Waals surface area contributed by atoms with Crippen LogP contribution < -0.4 is 5.32 Å². The minimum Gasteiger partial charge on any atom is -0.322 e. The van der Waals surface area contributed by atoms with Crippen LogP contribution in [0.1, 0.15) is 52.6 Å². The fourth-order valence-corrected chi connectivity index (χ4v) is 6.21. The van der Waals surface area contributed by atoms with Gasteiger partial charge in [-0.05, 0) is 74.9 Å². The van der Waals surface area contributed by atoms with Crippen LogP contribution in [0.3, 0.4) is 0 Å². The number of benzene rings is 2. The molecule has 1 aromatic heterocycles. The molecular weight excluding hydrogens is 467 g/mol. The Kier molecular flexibility index (Phi) is 7.10. The second kappa shape index (κ2) is 9.91. The molecule has 4 rings (SSSR count). The molecule has 0 saturated carbocycles. The smallest absolute Gasteiger partial charge is 0.255 e. The molecule has 1 N–H and O–H groups in total. The van der Waals surface area contributed by atoms with Crippen molar-refractivity contribution in [3.63, 3.8) is 0 Å². The van der Waals surface area contributed by atoms with Gasteiger partial charge in [0.25, 0.3) is 5.91 Å². The molecule has 0 radical (unpaired) electrons. The van der Waals surface area contributed by atoms with Gasteiger partial charge in [-0.3, -0.25) is 9.48 Å². The molecule has 0 aliphatic carbocycles. The number of sulfonamides is 1. The highest BCUT2D eigenvalue weighted by Gasteiger charge is 2.33. The molecule has 2 heterocycles. The van der Waals surface area contributed by atoms with Crippen LogP contribution in [0.4, 0.5) is 10.1 Å². The fourth-order valence-electron chi connectivity index (χ4n) is 4.37. The monoisotopic (exact) mass is 498 g/mol. The van der Waals surface area contributed by atoms with Gasteiger partial charge < -0.3 is 5.32 Å². The van der Waals surface area contributed by atoms with E-state index < -0.39 is 10.0 Å². The number of halogens is 1. The number of piperidine rings is 1. The number of hydrogen-bond acceptors (Lipinski definition) is 4. The molecule has 0 bridgehead atoms. The summed E-state index contributed by atoms with van der Waals surface area (Å²) in [4.78, 5) is 12.8. The molecule has 1 aliphatic rings. The zero-order valence-corrected chi connectivity index (χ0v) is 21.3. The third kappa shape index (κ3) is 5.31. The van der Waals surface area contributed by atoms with Crippen molar-refractivity contribution in [2.24, 2.45) is 5.92 Å². The summed E-state index contributed by atoms with van der Waals surface area (Å²) in [6, 6.07) is 11.6. The van der Waals surface area contributed by atoms with Crippen molar-refractivity contribution in [2.75, 3.05) is 18.4 Å². The highest BCUT2D eigenvalue weighted by atomic mass is 32.2. The first-order valence-corrected chi connectivity index (χ1v) is 13.2. The maximum atomic E-state index is 13.7. The lowest BCUT2D eigenvalue weighted by Gasteiger charge is -2.29. The second-order valence-corrected chi connectivity index (χ2v) is 11.2. The van der Waals surface area contributed by atoms with Crippen molar-refractivity contribution >= 4 is 21.6 Å². The van der Waals surface area contributed by atoms with Gasteiger partial charge in [-0.2, -0.15) is 9.40 Å². The third-order valence-corrected chi connectivity index (χ3v) is 8.79. The van der Waals surface area contributed by atoms with Crippen molar-refractivity contribution in [1.82, 2.24) is 14.1 Å². The summed E-state index contributed by atoms with van der Waals surface area (Å²) in [6.07, 6.45) is 1.73. The minimum absolute atomic E-state index is 0.286. The first-order chi connectivity index (χ1) is 16.6. The molecular formula is C26H31FN4O3S. The van der Waals surface area contributed by atoms with Gasteiger partial charge in [0, 0.05) is 24.3 Å². The maximum Gasteiger partial charge on any atom is 0.255 e. The molecule has 35 heavy (non-hydrogen) atoms. The Morgan fingerprint density at radius 1 is 1.09 bits per heavy atom. The predicted octanol–water partition coefficient (Wildman–Crippen LogP) is 4.67. The number of nitrogens with one attached hydrogen (secondary N) is 1. The van der Waals surface area contributed by atoms with Gasteiger partial charge in [-0.1, -0.05) is 25.1 Å². The van der Waals surface area contributed by atoms with Crippen molar-refractivity contribution in [3.05, 3.63) is 76.4 Å². The van der Waals surface area contributed by atoms with Crippen molar-refractivity contribution < 1.29 is 17.6 Å². The molecule has 2 aromatic carbocycles. The van der Waals surface area contributed by atoms with Gasteiger partial charge in [-0.15, -0.1) is 0 Å². The topological polar surface area (TPSA) is 84.3 Å². The average molecular weight is 499 g/mol. The summed E-state index contributed by atoms with van der Waals surface area (Å²) in [7, 11) is -3.60. The van der Waals surface area contributed by atoms with E-state index in [9.17, 15) is 17.6 Å². The van der Waals surface area contributed by atoms with Gasteiger partial charge in [-0.25, -0.2) is 12.8 Å². The second-order valence-electron chi connectivity index (χ2n) is 9.36. The first kappa shape index (κ1) is 25.1. The lowest BCUT2D eigenvalue weighted by atomic mass is 10.0. The zero-order valence-electron chi connectivity index (χ0n) is 20.5. The Balaban J connectivity index is 1.48. The van der Waals surface area contributed by atoms with E-state index in [2.05, 4.69) is 17.3 Å². The molecule has 7 nitrogen and oxygen atoms in total. The van der Waals surface area contributed by atoms with Gasteiger partial charge in [0.05, 0.1) is 17.9 Å². The third-order valence-electron chi connectivity index (χ3n) is 6.63. The van der Waals surface area contributed by atoms with Crippen LogP contribution in [0.15, 0.2) is 47.4 Å². The van der Waals surface area contributed by atoms with E-state index in [0.29, 0.717) is 53.8 Å². The van der Waals surface area contributed by atoms with E-state index in [1.165, 1.54) is 6.07 Å². The summed E-state index contributed by atoms with van der Waals surface area (Å²) in [5.41, 5.74) is 3.31. The van der Waals surface area contributed by atoms with Crippen molar-refractivity contribution in [2.45, 2.75) is 52.0 Å². The van der Waals surface area contributed by atoms with Crippen LogP contribution in [0.5, 0.6) is 0 Å². The summed E-state index contributed by atoms with van der Waals surface area (Å²) >= 11 is 0. The number of carbonyl (C=O) groups excluding carboxylic acids is 1. The van der Waals surface area contributed by atoms with E-state index in [1.807, 2.05) is 0 Å². The summed E-state index contributed by atoms with van der Waals surface area (Å²) < 4.78 is 43.6. The Morgan fingerprint density at radius 2 is 1.74 bits per heavy atom. The van der Waals surface area contributed by atoms with Crippen LogP contribution in [0, 0.1) is 32.5 Å². The molecule has 3 aromatic rings. The van der Waals surface area contributed by atoms with Crippen LogP contribution in [0.2, 0.25) is 0 Å². The normalized spacial score (nSPS) is 15.3. The predicted molar refractivity (Wildman–Crippen MR) is 133 cm³/mol. The van der Waals surface area contributed by atoms with Gasteiger partial charge in [0.2, 0.25) is 10.0 Å². The number of aromatic nitrogens is 2. The first-order valence-electron chi connectivity index (χ1n) is 11.8. The molecule has 1 fully saturated rings. The SMILES string of the molecule is Cc1ccc(NC(=O)c2ccc(Cn3nc(C)c(S(=O)(=O)N4CCC(C)CC4)c3C)cc2)cc1F. The number of nitrogens with zero attached hydrogens (tertiary/aromatic N) is 3. The summed E-state index contributed by atoms with van der Waals surface area (Å²) in [6.45, 7) is 8.76. The lowest BCUT2D eigenvalue weighted by molar-refractivity contribution is 0.102. The zero-order chi connectivity index (χ0) is 25.3. The summed E-state index contributed by atoms with van der Waals surface area (Å²) in [5.74, 6) is -0.177. The highest BCUT2D eigenvalue weighted by Crippen LogP contribution is 2.28. The Morgan fingerprint density at radius 3 is 2.37 bits per heavy atom. The van der Waals surface area contributed by atoms with Crippen LogP contribution in [-0.4, -0.2) is 41.5 Å². The van der Waals surface area contributed by atoms with E-state index >= 15 is 0 Å². The van der Waals surface area contributed by atoms with Gasteiger partial charge in [0.1, 0.15) is 10.7 Å². The van der Waals surface area contributed by atoms with E-state index in [0.717, 1.165) is 18.4 Å². The average Bonchev–Trinajstić information content (AvgIpc) is 3.10. The van der Waals surface area contributed by atoms with Crippen LogP contribution >= 0.6 is 0 Å². The van der Waals surface area contributed by atoms with E-state index in [-0.39, 0.29) is 16.6 Å². The van der Waals surface area contributed by atoms with E-state index in [4.69, 9.17) is 0 Å². The van der Waals surface area contributed by atoms with Crippen LogP contribution in [0.25, 0.3) is 0 Å². The highest BCUT2D eigenvalue weighted by molar-refractivity contribution is 7.89. The molecule has 186 valence electrons. The van der Waals surface area contributed by atoms with Crippen molar-refractivity contribution in [3.8, 4) is 0 Å². The largest absolute Gasteiger partial charge is 0.322 e. The maximum absolute atomic E-state index is 13.7. The summed E-state index contributed by atoms with van der Waals surface area (Å²) in [5, 5.41) is 7.20. The molecule has 1 aliphatic heterocycles. The number of rotatable bonds is 6. The quantitative estimate of drug-likeness (QED) is 0.535. The Labute approximate surface area is 206 Å². The number of carbonyl (C=O) groups is 1. The standard InChI is InChI=1S/C26H31FN4O3S/c1-17-11-13-30(14-12-17)35(33,34)25-19(3)29-31(20(25)4)16-21-6-8-22(9-7-21)26(32)28-23-10-5-18(2)24(27)15-23/h5-10,15,17H,11-14,16H2,1-4H3,(H,28,32). The Bertz CT molecular complexity index is 1340. The number of amides is 1. The fraction of sp³-hybridized carbons (Fsp3) is 0.385. The Hall–Kier alpha value is -3.04.